The molecule has 1 aromatic rings. The van der Waals surface area contributed by atoms with Crippen LogP contribution in [0.4, 0.5) is 0 Å². The lowest BCUT2D eigenvalue weighted by Crippen LogP contribution is -2.39. The van der Waals surface area contributed by atoms with Gasteiger partial charge in [0, 0.05) is 22.0 Å². The van der Waals surface area contributed by atoms with E-state index in [-0.39, 0.29) is 0 Å². The van der Waals surface area contributed by atoms with Crippen LogP contribution in [0.3, 0.4) is 0 Å². The monoisotopic (exact) mass is 267 g/mol. The zero-order valence-corrected chi connectivity index (χ0v) is 10.1. The van der Waals surface area contributed by atoms with Crippen LogP contribution in [0.25, 0.3) is 0 Å². The number of halogens is 1. The summed E-state index contributed by atoms with van der Waals surface area (Å²) in [5.74, 6) is 1.70. The minimum absolute atomic E-state index is 0.510. The highest BCUT2D eigenvalue weighted by molar-refractivity contribution is 9.10. The Balaban J connectivity index is 1.99. The molecule has 80 valence electrons. The summed E-state index contributed by atoms with van der Waals surface area (Å²) in [7, 11) is 0. The summed E-state index contributed by atoms with van der Waals surface area (Å²) in [5, 5.41) is 3.60. The van der Waals surface area contributed by atoms with Crippen LogP contribution in [0, 0.1) is 5.92 Å². The van der Waals surface area contributed by atoms with E-state index in [1.807, 2.05) is 0 Å². The maximum Gasteiger partial charge on any atom is 0.125 e. The smallest absolute Gasteiger partial charge is 0.125 e. The number of nitrogens with one attached hydrogen (secondary N) is 1. The van der Waals surface area contributed by atoms with Gasteiger partial charge in [-0.25, -0.2) is 0 Å². The van der Waals surface area contributed by atoms with E-state index in [1.165, 1.54) is 18.4 Å². The van der Waals surface area contributed by atoms with E-state index in [2.05, 4.69) is 39.4 Å². The molecule has 2 atom stereocenters. The van der Waals surface area contributed by atoms with E-state index in [0.717, 1.165) is 23.4 Å². The van der Waals surface area contributed by atoms with Crippen LogP contribution >= 0.6 is 15.9 Å². The van der Waals surface area contributed by atoms with Crippen LogP contribution in [0.15, 0.2) is 22.7 Å². The predicted molar refractivity (Wildman–Crippen MR) is 63.1 cm³/mol. The van der Waals surface area contributed by atoms with Crippen LogP contribution in [-0.2, 0) is 0 Å². The minimum atomic E-state index is 0.510. The average Bonchev–Trinajstić information content (AvgIpc) is 2.28. The summed E-state index contributed by atoms with van der Waals surface area (Å²) in [6.07, 6.45) is 2.56. The van der Waals surface area contributed by atoms with Gasteiger partial charge in [0.2, 0.25) is 0 Å². The maximum atomic E-state index is 5.80. The van der Waals surface area contributed by atoms with Crippen molar-refractivity contribution in [1.29, 1.82) is 0 Å². The first-order chi connectivity index (χ1) is 7.34. The second-order valence-electron chi connectivity index (χ2n) is 4.33. The topological polar surface area (TPSA) is 21.3 Å². The van der Waals surface area contributed by atoms with E-state index in [1.54, 1.807) is 0 Å². The van der Waals surface area contributed by atoms with Gasteiger partial charge >= 0.3 is 0 Å². The van der Waals surface area contributed by atoms with Crippen molar-refractivity contribution < 1.29 is 4.74 Å². The van der Waals surface area contributed by atoms with Gasteiger partial charge in [0.05, 0.1) is 6.61 Å². The van der Waals surface area contributed by atoms with Gasteiger partial charge in [-0.3, -0.25) is 0 Å². The molecule has 0 aromatic heterocycles. The van der Waals surface area contributed by atoms with E-state index in [0.29, 0.717) is 12.0 Å². The molecule has 0 aliphatic carbocycles. The molecule has 2 nitrogen and oxygen atoms in total. The predicted octanol–water partition coefficient (Wildman–Crippen LogP) is 2.88. The molecule has 1 N–H and O–H groups in total. The Morgan fingerprint density at radius 1 is 1.40 bits per heavy atom. The molecule has 2 aliphatic rings. The molecule has 1 aromatic carbocycles. The molecule has 15 heavy (non-hydrogen) atoms. The van der Waals surface area contributed by atoms with Crippen molar-refractivity contribution in [2.45, 2.75) is 18.9 Å². The molecule has 1 fully saturated rings. The SMILES string of the molecule is Brc1ccc2c(c1)OCC1CCCNC21. The maximum absolute atomic E-state index is 5.80. The Hall–Kier alpha value is -0.540. The van der Waals surface area contributed by atoms with Crippen molar-refractivity contribution in [3.05, 3.63) is 28.2 Å². The zero-order chi connectivity index (χ0) is 10.3. The number of rotatable bonds is 0. The fourth-order valence-corrected chi connectivity index (χ4v) is 2.93. The fraction of sp³-hybridized carbons (Fsp3) is 0.500. The Morgan fingerprint density at radius 2 is 2.33 bits per heavy atom. The first-order valence-electron chi connectivity index (χ1n) is 5.50. The van der Waals surface area contributed by atoms with E-state index in [4.69, 9.17) is 4.74 Å². The van der Waals surface area contributed by atoms with Crippen molar-refractivity contribution in [2.75, 3.05) is 13.2 Å². The molecule has 0 saturated carbocycles. The van der Waals surface area contributed by atoms with Gasteiger partial charge in [0.25, 0.3) is 0 Å². The molecule has 3 rings (SSSR count). The van der Waals surface area contributed by atoms with Gasteiger partial charge < -0.3 is 10.1 Å². The quantitative estimate of drug-likeness (QED) is 0.781. The van der Waals surface area contributed by atoms with Crippen LogP contribution in [-0.4, -0.2) is 13.2 Å². The summed E-state index contributed by atoms with van der Waals surface area (Å²) >= 11 is 3.48. The Bertz CT molecular complexity index is 380. The van der Waals surface area contributed by atoms with E-state index >= 15 is 0 Å². The van der Waals surface area contributed by atoms with Crippen molar-refractivity contribution in [3.8, 4) is 5.75 Å². The molecular formula is C12H14BrNO. The van der Waals surface area contributed by atoms with Crippen LogP contribution < -0.4 is 10.1 Å². The summed E-state index contributed by atoms with van der Waals surface area (Å²) in [6.45, 7) is 2.00. The summed E-state index contributed by atoms with van der Waals surface area (Å²) < 4.78 is 6.90. The Morgan fingerprint density at radius 3 is 3.27 bits per heavy atom. The first kappa shape index (κ1) is 9.67. The van der Waals surface area contributed by atoms with Gasteiger partial charge in [-0.05, 0) is 31.5 Å². The van der Waals surface area contributed by atoms with Gasteiger partial charge in [-0.1, -0.05) is 22.0 Å². The lowest BCUT2D eigenvalue weighted by molar-refractivity contribution is 0.147. The standard InChI is InChI=1S/C12H14BrNO/c13-9-3-4-10-11(6-9)15-7-8-2-1-5-14-12(8)10/h3-4,6,8,12,14H,1-2,5,7H2. The molecule has 3 heteroatoms. The molecular weight excluding hydrogens is 254 g/mol. The second kappa shape index (κ2) is 3.80. The highest BCUT2D eigenvalue weighted by atomic mass is 79.9. The number of ether oxygens (including phenoxy) is 1. The van der Waals surface area contributed by atoms with Gasteiger partial charge in [-0.15, -0.1) is 0 Å². The van der Waals surface area contributed by atoms with E-state index < -0.39 is 0 Å². The molecule has 2 unspecified atom stereocenters. The lowest BCUT2D eigenvalue weighted by atomic mass is 9.85. The van der Waals surface area contributed by atoms with Gasteiger partial charge in [0.15, 0.2) is 0 Å². The molecule has 0 radical (unpaired) electrons. The highest BCUT2D eigenvalue weighted by Crippen LogP contribution is 2.40. The van der Waals surface area contributed by atoms with Crippen LogP contribution in [0.5, 0.6) is 5.75 Å². The van der Waals surface area contributed by atoms with Crippen molar-refractivity contribution in [2.24, 2.45) is 5.92 Å². The molecule has 0 amide bonds. The zero-order valence-electron chi connectivity index (χ0n) is 8.50. The largest absolute Gasteiger partial charge is 0.493 e. The van der Waals surface area contributed by atoms with Gasteiger partial charge in [-0.2, -0.15) is 0 Å². The average molecular weight is 268 g/mol. The van der Waals surface area contributed by atoms with E-state index in [9.17, 15) is 0 Å². The number of hydrogen-bond acceptors (Lipinski definition) is 2. The molecule has 1 saturated heterocycles. The number of benzene rings is 1. The number of fused-ring (bicyclic) bond motifs is 3. The molecule has 0 spiro atoms. The van der Waals surface area contributed by atoms with Crippen LogP contribution in [0.1, 0.15) is 24.4 Å². The van der Waals surface area contributed by atoms with Crippen molar-refractivity contribution in [3.63, 3.8) is 0 Å². The third-order valence-electron chi connectivity index (χ3n) is 3.35. The summed E-state index contributed by atoms with van der Waals surface area (Å²) in [6, 6.07) is 6.85. The minimum Gasteiger partial charge on any atom is -0.493 e. The second-order valence-corrected chi connectivity index (χ2v) is 5.24. The van der Waals surface area contributed by atoms with Gasteiger partial charge in [0.1, 0.15) is 5.75 Å². The normalized spacial score (nSPS) is 28.9. The highest BCUT2D eigenvalue weighted by Gasteiger charge is 2.32. The Labute approximate surface area is 98.1 Å². The molecule has 2 aliphatic heterocycles. The molecule has 2 heterocycles. The summed E-state index contributed by atoms with van der Waals surface area (Å²) in [5.41, 5.74) is 1.33. The number of hydrogen-bond donors (Lipinski definition) is 1. The third-order valence-corrected chi connectivity index (χ3v) is 3.84. The summed E-state index contributed by atoms with van der Waals surface area (Å²) in [4.78, 5) is 0. The van der Waals surface area contributed by atoms with Crippen molar-refractivity contribution >= 4 is 15.9 Å². The fourth-order valence-electron chi connectivity index (χ4n) is 2.59. The van der Waals surface area contributed by atoms with Crippen molar-refractivity contribution in [1.82, 2.24) is 5.32 Å². The third kappa shape index (κ3) is 1.68. The Kier molecular flexibility index (Phi) is 2.45. The first-order valence-corrected chi connectivity index (χ1v) is 6.29. The van der Waals surface area contributed by atoms with Crippen LogP contribution in [0.2, 0.25) is 0 Å². The molecule has 0 bridgehead atoms. The lowest BCUT2D eigenvalue weighted by Gasteiger charge is -2.37. The number of piperidine rings is 1.